The number of para-hydroxylation sites is 1. The lowest BCUT2D eigenvalue weighted by Crippen LogP contribution is -2.62. The van der Waals surface area contributed by atoms with E-state index in [0.717, 1.165) is 25.7 Å². The van der Waals surface area contributed by atoms with Gasteiger partial charge in [-0.25, -0.2) is 0 Å². The van der Waals surface area contributed by atoms with Crippen molar-refractivity contribution in [1.82, 2.24) is 4.57 Å². The molecule has 0 aliphatic carbocycles. The first kappa shape index (κ1) is 24.0. The molecule has 1 unspecified atom stereocenters. The molecule has 2 nitrogen and oxygen atoms in total. The molecule has 0 fully saturated rings. The summed E-state index contributed by atoms with van der Waals surface area (Å²) in [5, 5.41) is 2.70. The molecule has 188 valence electrons. The Bertz CT molecular complexity index is 1580. The summed E-state index contributed by atoms with van der Waals surface area (Å²) in [7, 11) is 0. The van der Waals surface area contributed by atoms with Crippen molar-refractivity contribution in [3.05, 3.63) is 96.2 Å². The minimum absolute atomic E-state index is 0.127. The third kappa shape index (κ3) is 3.56. The summed E-state index contributed by atoms with van der Waals surface area (Å²) in [6.45, 7) is 9.36. The summed E-state index contributed by atoms with van der Waals surface area (Å²) in [6, 6.07) is 30.0. The minimum Gasteiger partial charge on any atom is -0.309 e. The first-order valence-corrected chi connectivity index (χ1v) is 14.3. The van der Waals surface area contributed by atoms with E-state index >= 15 is 0 Å². The van der Waals surface area contributed by atoms with Crippen LogP contribution in [0.1, 0.15) is 76.8 Å². The van der Waals surface area contributed by atoms with Crippen molar-refractivity contribution in [2.75, 3.05) is 0 Å². The molecule has 0 N–H and O–H groups in total. The molecule has 0 bridgehead atoms. The highest BCUT2D eigenvalue weighted by Gasteiger charge is 2.50. The topological polar surface area (TPSA) is 8.81 Å². The molecule has 3 aromatic carbocycles. The average Bonchev–Trinajstić information content (AvgIpc) is 3.28. The second-order valence-corrected chi connectivity index (χ2v) is 10.8. The van der Waals surface area contributed by atoms with E-state index in [1.807, 2.05) is 0 Å². The number of aryl methyl sites for hydroxylation is 1. The lowest BCUT2D eigenvalue weighted by molar-refractivity contribution is -0.762. The Kier molecular flexibility index (Phi) is 6.15. The number of pyridine rings is 1. The standard InChI is InChI=1S/C35H39N2/c1-5-9-14-25-18-21-34-29(23-25)28-15-10-11-17-33(28)37(34)26-19-20-27-30(24-26)32-16-12-13-22-36(32)35(7-3,8-4)31(27)6-2/h10-13,15-24,31H,5-9,14H2,1-4H3/q+1. The van der Waals surface area contributed by atoms with Crippen molar-refractivity contribution in [3.8, 4) is 16.9 Å². The molecule has 1 aliphatic heterocycles. The number of hydrogen-bond acceptors (Lipinski definition) is 0. The number of unbranched alkanes of at least 4 members (excludes halogenated alkanes) is 1. The van der Waals surface area contributed by atoms with Gasteiger partial charge in [-0.15, -0.1) is 0 Å². The van der Waals surface area contributed by atoms with Gasteiger partial charge in [0.1, 0.15) is 0 Å². The SMILES string of the molecule is CCCCc1ccc2c(c1)c1ccccc1n2-c1ccc2c(c1)-c1cccc[n+]1C(CC)(CC)C2CC. The fourth-order valence-corrected chi connectivity index (χ4v) is 7.24. The molecular formula is C35H39N2+. The molecular weight excluding hydrogens is 448 g/mol. The van der Waals surface area contributed by atoms with E-state index in [9.17, 15) is 0 Å². The maximum Gasteiger partial charge on any atom is 0.213 e. The zero-order chi connectivity index (χ0) is 25.6. The van der Waals surface area contributed by atoms with E-state index in [1.54, 1.807) is 0 Å². The van der Waals surface area contributed by atoms with Gasteiger partial charge in [0.05, 0.1) is 16.6 Å². The Hall–Kier alpha value is -3.39. The summed E-state index contributed by atoms with van der Waals surface area (Å²) >= 11 is 0. The maximum atomic E-state index is 2.60. The molecule has 5 aromatic rings. The van der Waals surface area contributed by atoms with Crippen LogP contribution in [0.3, 0.4) is 0 Å². The maximum absolute atomic E-state index is 2.60. The van der Waals surface area contributed by atoms with Crippen LogP contribution in [0.5, 0.6) is 0 Å². The molecule has 0 spiro atoms. The fraction of sp³-hybridized carbons (Fsp3) is 0.343. The Labute approximate surface area is 221 Å². The zero-order valence-corrected chi connectivity index (χ0v) is 22.8. The van der Waals surface area contributed by atoms with Crippen molar-refractivity contribution < 1.29 is 4.57 Å². The van der Waals surface area contributed by atoms with Crippen LogP contribution in [-0.4, -0.2) is 4.57 Å². The number of hydrogen-bond donors (Lipinski definition) is 0. The molecule has 3 heterocycles. The van der Waals surface area contributed by atoms with Crippen LogP contribution < -0.4 is 4.57 Å². The molecule has 37 heavy (non-hydrogen) atoms. The van der Waals surface area contributed by atoms with Crippen molar-refractivity contribution in [3.63, 3.8) is 0 Å². The Morgan fingerprint density at radius 3 is 2.35 bits per heavy atom. The molecule has 2 aromatic heterocycles. The van der Waals surface area contributed by atoms with Gasteiger partial charge in [-0.2, -0.15) is 4.57 Å². The summed E-state index contributed by atoms with van der Waals surface area (Å²) in [4.78, 5) is 0. The quantitative estimate of drug-likeness (QED) is 0.202. The first-order valence-electron chi connectivity index (χ1n) is 14.3. The lowest BCUT2D eigenvalue weighted by atomic mass is 9.69. The van der Waals surface area contributed by atoms with Crippen molar-refractivity contribution in [2.45, 2.75) is 77.7 Å². The van der Waals surface area contributed by atoms with Gasteiger partial charge in [0.15, 0.2) is 11.7 Å². The van der Waals surface area contributed by atoms with Gasteiger partial charge in [-0.3, -0.25) is 0 Å². The molecule has 0 amide bonds. The first-order chi connectivity index (χ1) is 18.2. The molecule has 0 radical (unpaired) electrons. The minimum atomic E-state index is 0.127. The van der Waals surface area contributed by atoms with Crippen LogP contribution in [0.2, 0.25) is 0 Å². The Balaban J connectivity index is 1.59. The third-order valence-electron chi connectivity index (χ3n) is 9.12. The molecule has 6 rings (SSSR count). The number of aromatic nitrogens is 2. The normalized spacial score (nSPS) is 16.2. The third-order valence-corrected chi connectivity index (χ3v) is 9.12. The molecule has 0 saturated heterocycles. The van der Waals surface area contributed by atoms with E-state index in [0.29, 0.717) is 5.92 Å². The van der Waals surface area contributed by atoms with Crippen LogP contribution in [0.15, 0.2) is 85.1 Å². The number of nitrogens with zero attached hydrogens (tertiary/aromatic N) is 2. The average molecular weight is 488 g/mol. The van der Waals surface area contributed by atoms with E-state index < -0.39 is 0 Å². The van der Waals surface area contributed by atoms with Crippen LogP contribution in [0, 0.1) is 0 Å². The van der Waals surface area contributed by atoms with Crippen LogP contribution in [0.4, 0.5) is 0 Å². The second-order valence-electron chi connectivity index (χ2n) is 10.8. The summed E-state index contributed by atoms with van der Waals surface area (Å²) in [5.74, 6) is 0.505. The largest absolute Gasteiger partial charge is 0.309 e. The van der Waals surface area contributed by atoms with Crippen molar-refractivity contribution >= 4 is 21.8 Å². The summed E-state index contributed by atoms with van der Waals surface area (Å²) in [5.41, 5.74) is 9.62. The van der Waals surface area contributed by atoms with Gasteiger partial charge in [-0.05, 0) is 66.8 Å². The highest BCUT2D eigenvalue weighted by atomic mass is 15.1. The van der Waals surface area contributed by atoms with E-state index in [-0.39, 0.29) is 5.54 Å². The van der Waals surface area contributed by atoms with Crippen LogP contribution in [-0.2, 0) is 12.0 Å². The highest BCUT2D eigenvalue weighted by molar-refractivity contribution is 6.09. The Morgan fingerprint density at radius 1 is 0.784 bits per heavy atom. The van der Waals surface area contributed by atoms with E-state index in [4.69, 9.17) is 0 Å². The van der Waals surface area contributed by atoms with Crippen molar-refractivity contribution in [1.29, 1.82) is 0 Å². The number of rotatable bonds is 7. The highest BCUT2D eigenvalue weighted by Crippen LogP contribution is 2.47. The van der Waals surface area contributed by atoms with Gasteiger partial charge >= 0.3 is 0 Å². The van der Waals surface area contributed by atoms with Gasteiger partial charge in [0.25, 0.3) is 0 Å². The number of fused-ring (bicyclic) bond motifs is 6. The molecule has 1 atom stereocenters. The predicted molar refractivity (Wildman–Crippen MR) is 157 cm³/mol. The van der Waals surface area contributed by atoms with Crippen LogP contribution in [0.25, 0.3) is 38.8 Å². The smallest absolute Gasteiger partial charge is 0.213 e. The molecule has 2 heteroatoms. The van der Waals surface area contributed by atoms with Gasteiger partial charge < -0.3 is 4.57 Å². The van der Waals surface area contributed by atoms with Gasteiger partial charge in [0, 0.05) is 47.4 Å². The van der Waals surface area contributed by atoms with Gasteiger partial charge in [-0.1, -0.05) is 64.4 Å². The Morgan fingerprint density at radius 2 is 1.57 bits per heavy atom. The number of benzene rings is 3. The zero-order valence-electron chi connectivity index (χ0n) is 22.8. The van der Waals surface area contributed by atoms with E-state index in [1.165, 1.54) is 62.7 Å². The van der Waals surface area contributed by atoms with Crippen molar-refractivity contribution in [2.24, 2.45) is 0 Å². The lowest BCUT2D eigenvalue weighted by Gasteiger charge is -2.39. The van der Waals surface area contributed by atoms with Crippen LogP contribution >= 0.6 is 0 Å². The summed E-state index contributed by atoms with van der Waals surface area (Å²) in [6.07, 6.45) is 9.35. The van der Waals surface area contributed by atoms with Gasteiger partial charge in [0.2, 0.25) is 5.69 Å². The van der Waals surface area contributed by atoms with E-state index in [2.05, 4.69) is 122 Å². The summed E-state index contributed by atoms with van der Waals surface area (Å²) < 4.78 is 5.07. The predicted octanol–water partition coefficient (Wildman–Crippen LogP) is 9.10. The fourth-order valence-electron chi connectivity index (χ4n) is 7.24. The monoisotopic (exact) mass is 487 g/mol. The molecule has 0 saturated carbocycles. The molecule has 1 aliphatic rings. The second kappa shape index (κ2) is 9.49.